The minimum atomic E-state index is -0.278. The molecule has 0 aliphatic heterocycles. The zero-order chi connectivity index (χ0) is 14.5. The molecule has 0 aromatic heterocycles. The molecule has 108 valence electrons. The molecule has 0 radical (unpaired) electrons. The van der Waals surface area contributed by atoms with E-state index in [2.05, 4.69) is 20.8 Å². The largest absolute Gasteiger partial charge is 0.508 e. The fourth-order valence-electron chi connectivity index (χ4n) is 4.10. The maximum atomic E-state index is 12.2. The third-order valence-corrected chi connectivity index (χ3v) is 6.07. The Labute approximate surface area is 120 Å². The summed E-state index contributed by atoms with van der Waals surface area (Å²) in [4.78, 5) is 12.2. The number of fused-ring (bicyclic) bond motifs is 2. The predicted octanol–water partition coefficient (Wildman–Crippen LogP) is 3.76. The second kappa shape index (κ2) is 4.24. The number of benzene rings is 1. The average molecular weight is 274 g/mol. The Hall–Kier alpha value is -1.51. The van der Waals surface area contributed by atoms with Crippen LogP contribution in [0.4, 0.5) is 0 Å². The summed E-state index contributed by atoms with van der Waals surface area (Å²) < 4.78 is 5.79. The van der Waals surface area contributed by atoms with E-state index in [-0.39, 0.29) is 28.7 Å². The van der Waals surface area contributed by atoms with Gasteiger partial charge in [0.2, 0.25) is 0 Å². The van der Waals surface area contributed by atoms with Gasteiger partial charge in [-0.2, -0.15) is 0 Å². The molecule has 2 fully saturated rings. The van der Waals surface area contributed by atoms with Gasteiger partial charge in [0.15, 0.2) is 0 Å². The van der Waals surface area contributed by atoms with Gasteiger partial charge < -0.3 is 9.84 Å². The number of hydrogen-bond acceptors (Lipinski definition) is 3. The van der Waals surface area contributed by atoms with Gasteiger partial charge in [0.25, 0.3) is 0 Å². The number of phenolic OH excluding ortho intramolecular Hbond substituents is 1. The van der Waals surface area contributed by atoms with Crippen LogP contribution in [0.1, 0.15) is 50.4 Å². The normalized spacial score (nSPS) is 34.1. The van der Waals surface area contributed by atoms with Crippen LogP contribution in [0.25, 0.3) is 0 Å². The number of carbonyl (C=O) groups is 1. The maximum absolute atomic E-state index is 12.2. The Balaban J connectivity index is 1.76. The summed E-state index contributed by atoms with van der Waals surface area (Å²) in [6.45, 7) is 6.87. The van der Waals surface area contributed by atoms with Crippen molar-refractivity contribution in [3.8, 4) is 5.75 Å². The monoisotopic (exact) mass is 274 g/mol. The summed E-state index contributed by atoms with van der Waals surface area (Å²) in [7, 11) is 0. The zero-order valence-corrected chi connectivity index (χ0v) is 12.3. The molecule has 1 aromatic rings. The lowest BCUT2D eigenvalue weighted by Crippen LogP contribution is -2.38. The minimum Gasteiger partial charge on any atom is -0.508 e. The summed E-state index contributed by atoms with van der Waals surface area (Å²) in [5.74, 6) is 0.541. The van der Waals surface area contributed by atoms with Crippen molar-refractivity contribution in [2.24, 2.45) is 16.7 Å². The zero-order valence-electron chi connectivity index (χ0n) is 12.3. The Morgan fingerprint density at radius 1 is 1.25 bits per heavy atom. The van der Waals surface area contributed by atoms with Crippen LogP contribution in [0.5, 0.6) is 5.75 Å². The highest BCUT2D eigenvalue weighted by Crippen LogP contribution is 2.66. The van der Waals surface area contributed by atoms with E-state index < -0.39 is 0 Å². The van der Waals surface area contributed by atoms with Crippen LogP contribution >= 0.6 is 0 Å². The van der Waals surface area contributed by atoms with Crippen molar-refractivity contribution in [1.29, 1.82) is 0 Å². The number of aromatic hydroxyl groups is 1. The van der Waals surface area contributed by atoms with E-state index >= 15 is 0 Å². The molecule has 2 aliphatic rings. The molecule has 0 amide bonds. The first kappa shape index (κ1) is 13.5. The van der Waals surface area contributed by atoms with E-state index in [0.29, 0.717) is 11.5 Å². The first-order valence-electron chi connectivity index (χ1n) is 7.34. The smallest absolute Gasteiger partial charge is 0.338 e. The van der Waals surface area contributed by atoms with E-state index in [1.54, 1.807) is 12.1 Å². The molecular formula is C17H22O3. The number of carbonyl (C=O) groups excluding carboxylic acids is 1. The van der Waals surface area contributed by atoms with Gasteiger partial charge in [0.05, 0.1) is 5.56 Å². The van der Waals surface area contributed by atoms with Crippen molar-refractivity contribution in [1.82, 2.24) is 0 Å². The molecule has 3 heteroatoms. The van der Waals surface area contributed by atoms with Gasteiger partial charge in [-0.05, 0) is 54.9 Å². The van der Waals surface area contributed by atoms with Crippen LogP contribution in [0, 0.1) is 16.7 Å². The maximum Gasteiger partial charge on any atom is 0.338 e. The molecule has 20 heavy (non-hydrogen) atoms. The van der Waals surface area contributed by atoms with E-state index in [0.717, 1.165) is 12.8 Å². The first-order valence-corrected chi connectivity index (χ1v) is 7.34. The Morgan fingerprint density at radius 3 is 2.40 bits per heavy atom. The molecule has 2 saturated carbocycles. The van der Waals surface area contributed by atoms with E-state index in [1.807, 2.05) is 0 Å². The molecular weight excluding hydrogens is 252 g/mol. The average Bonchev–Trinajstić information content (AvgIpc) is 2.72. The third kappa shape index (κ3) is 1.75. The van der Waals surface area contributed by atoms with Gasteiger partial charge in [-0.25, -0.2) is 4.79 Å². The second-order valence-corrected chi connectivity index (χ2v) is 7.05. The Bertz CT molecular complexity index is 532. The molecule has 1 aromatic carbocycles. The van der Waals surface area contributed by atoms with E-state index in [1.165, 1.54) is 18.6 Å². The minimum absolute atomic E-state index is 0.0116. The highest BCUT2D eigenvalue weighted by Gasteiger charge is 2.62. The number of phenols is 1. The molecule has 3 rings (SSSR count). The summed E-state index contributed by atoms with van der Waals surface area (Å²) in [5, 5.41) is 9.27. The highest BCUT2D eigenvalue weighted by molar-refractivity contribution is 5.89. The lowest BCUT2D eigenvalue weighted by atomic mass is 9.70. The number of rotatable bonds is 2. The van der Waals surface area contributed by atoms with Crippen molar-refractivity contribution in [2.75, 3.05) is 0 Å². The molecule has 1 N–H and O–H groups in total. The van der Waals surface area contributed by atoms with Gasteiger partial charge in [-0.3, -0.25) is 0 Å². The summed E-state index contributed by atoms with van der Waals surface area (Å²) >= 11 is 0. The van der Waals surface area contributed by atoms with Gasteiger partial charge in [-0.1, -0.05) is 20.8 Å². The summed E-state index contributed by atoms with van der Waals surface area (Å²) in [6.07, 6.45) is 3.37. The van der Waals surface area contributed by atoms with Crippen LogP contribution in [-0.4, -0.2) is 17.2 Å². The Kier molecular flexibility index (Phi) is 2.86. The molecule has 0 unspecified atom stereocenters. The summed E-state index contributed by atoms with van der Waals surface area (Å²) in [6, 6.07) is 6.25. The fourth-order valence-corrected chi connectivity index (χ4v) is 4.10. The van der Waals surface area contributed by atoms with Crippen LogP contribution in [0.3, 0.4) is 0 Å². The number of ether oxygens (including phenoxy) is 1. The van der Waals surface area contributed by atoms with Crippen LogP contribution in [0.2, 0.25) is 0 Å². The molecule has 2 aliphatic carbocycles. The van der Waals surface area contributed by atoms with Gasteiger partial charge >= 0.3 is 5.97 Å². The molecule has 0 saturated heterocycles. The van der Waals surface area contributed by atoms with Crippen molar-refractivity contribution >= 4 is 5.97 Å². The lowest BCUT2D eigenvalue weighted by Gasteiger charge is -2.38. The highest BCUT2D eigenvalue weighted by atomic mass is 16.5. The van der Waals surface area contributed by atoms with E-state index in [4.69, 9.17) is 4.74 Å². The van der Waals surface area contributed by atoms with E-state index in [9.17, 15) is 9.90 Å². The fraction of sp³-hybridized carbons (Fsp3) is 0.588. The van der Waals surface area contributed by atoms with Gasteiger partial charge in [0.1, 0.15) is 11.9 Å². The van der Waals surface area contributed by atoms with Crippen LogP contribution < -0.4 is 0 Å². The third-order valence-electron chi connectivity index (χ3n) is 6.07. The number of esters is 1. The quantitative estimate of drug-likeness (QED) is 0.835. The standard InChI is InChI=1S/C17H22O3/c1-16(2)12-8-9-17(16,3)14(10-12)20-15(19)11-4-6-13(18)7-5-11/h4-7,12,14,18H,8-10H2,1-3H3/t12-,14-,17-/m0/s1. The van der Waals surface area contributed by atoms with Gasteiger partial charge in [0, 0.05) is 5.41 Å². The molecule has 3 nitrogen and oxygen atoms in total. The first-order chi connectivity index (χ1) is 9.34. The lowest BCUT2D eigenvalue weighted by molar-refractivity contribution is -0.0242. The van der Waals surface area contributed by atoms with Crippen LogP contribution in [0.15, 0.2) is 24.3 Å². The Morgan fingerprint density at radius 2 is 1.90 bits per heavy atom. The van der Waals surface area contributed by atoms with Crippen molar-refractivity contribution in [2.45, 2.75) is 46.1 Å². The SMILES string of the molecule is CC1(C)[C@H]2CC[C@@]1(C)[C@@H](OC(=O)c1ccc(O)cc1)C2. The molecule has 3 atom stereocenters. The molecule has 0 heterocycles. The second-order valence-electron chi connectivity index (χ2n) is 7.05. The number of hydrogen-bond donors (Lipinski definition) is 1. The van der Waals surface area contributed by atoms with Crippen molar-refractivity contribution in [3.05, 3.63) is 29.8 Å². The molecule has 2 bridgehead atoms. The van der Waals surface area contributed by atoms with Gasteiger partial charge in [-0.15, -0.1) is 0 Å². The van der Waals surface area contributed by atoms with Crippen molar-refractivity contribution in [3.63, 3.8) is 0 Å². The topological polar surface area (TPSA) is 46.5 Å². The van der Waals surface area contributed by atoms with Crippen LogP contribution in [-0.2, 0) is 4.74 Å². The molecule has 0 spiro atoms. The summed E-state index contributed by atoms with van der Waals surface area (Å²) in [5.41, 5.74) is 0.837. The predicted molar refractivity (Wildman–Crippen MR) is 76.5 cm³/mol. The van der Waals surface area contributed by atoms with Crippen molar-refractivity contribution < 1.29 is 14.6 Å².